The molecule has 0 spiro atoms. The van der Waals surface area contributed by atoms with E-state index in [0.29, 0.717) is 32.5 Å². The van der Waals surface area contributed by atoms with Gasteiger partial charge >= 0.3 is 0 Å². The second-order valence-corrected chi connectivity index (χ2v) is 5.70. The average Bonchev–Trinajstić information content (AvgIpc) is 2.48. The van der Waals surface area contributed by atoms with Crippen LogP contribution < -0.4 is 4.74 Å². The molecule has 0 radical (unpaired) electrons. The Labute approximate surface area is 138 Å². The van der Waals surface area contributed by atoms with Crippen molar-refractivity contribution in [2.45, 2.75) is 13.3 Å². The van der Waals surface area contributed by atoms with E-state index in [1.807, 2.05) is 0 Å². The first-order valence-corrected chi connectivity index (χ1v) is 7.34. The fourth-order valence-electron chi connectivity index (χ4n) is 2.13. The molecule has 0 amide bonds. The molecule has 2 rings (SSSR count). The van der Waals surface area contributed by atoms with E-state index in [1.165, 1.54) is 20.1 Å². The Morgan fingerprint density at radius 1 is 1.09 bits per heavy atom. The van der Waals surface area contributed by atoms with Gasteiger partial charge in [-0.2, -0.15) is 0 Å². The average molecular weight is 337 g/mol. The van der Waals surface area contributed by atoms with Gasteiger partial charge < -0.3 is 4.74 Å². The fraction of sp³-hybridized carbons (Fsp3) is 0.176. The lowest BCUT2D eigenvalue weighted by molar-refractivity contribution is -0.116. The number of ether oxygens (including phenoxy) is 1. The molecule has 22 heavy (non-hydrogen) atoms. The van der Waals surface area contributed by atoms with E-state index in [-0.39, 0.29) is 18.0 Å². The van der Waals surface area contributed by atoms with Gasteiger partial charge in [-0.15, -0.1) is 0 Å². The number of carbonyl (C=O) groups excluding carboxylic acids is 2. The van der Waals surface area contributed by atoms with Crippen LogP contribution >= 0.6 is 23.2 Å². The monoisotopic (exact) mass is 336 g/mol. The normalized spacial score (nSPS) is 10.4. The smallest absolute Gasteiger partial charge is 0.193 e. The molecule has 0 saturated heterocycles. The van der Waals surface area contributed by atoms with Crippen LogP contribution in [0.5, 0.6) is 5.75 Å². The second-order valence-electron chi connectivity index (χ2n) is 4.86. The number of halogens is 2. The number of hydrogen-bond acceptors (Lipinski definition) is 3. The molecule has 2 aromatic carbocycles. The standard InChI is InChI=1S/C17H14Cl2O3/c1-10(20)7-12-8-16(22-2)15(19)9-14(12)17(21)11-3-5-13(18)6-4-11/h3-6,8-9H,7H2,1-2H3. The predicted octanol–water partition coefficient (Wildman–Crippen LogP) is 4.36. The summed E-state index contributed by atoms with van der Waals surface area (Å²) in [4.78, 5) is 24.1. The summed E-state index contributed by atoms with van der Waals surface area (Å²) in [6.07, 6.45) is 0.141. The lowest BCUT2D eigenvalue weighted by Gasteiger charge is -2.12. The van der Waals surface area contributed by atoms with Crippen LogP contribution in [0.2, 0.25) is 10.0 Å². The molecule has 0 aliphatic carbocycles. The third-order valence-corrected chi connectivity index (χ3v) is 3.72. The minimum absolute atomic E-state index is 0.0467. The Bertz CT molecular complexity index is 721. The minimum Gasteiger partial charge on any atom is -0.495 e. The van der Waals surface area contributed by atoms with E-state index in [0.717, 1.165) is 0 Å². The number of hydrogen-bond donors (Lipinski definition) is 0. The highest BCUT2D eigenvalue weighted by Gasteiger charge is 2.18. The zero-order chi connectivity index (χ0) is 16.3. The fourth-order valence-corrected chi connectivity index (χ4v) is 2.50. The Kier molecular flexibility index (Phi) is 5.22. The first-order valence-electron chi connectivity index (χ1n) is 6.58. The number of benzene rings is 2. The lowest BCUT2D eigenvalue weighted by Crippen LogP contribution is -2.09. The summed E-state index contributed by atoms with van der Waals surface area (Å²) in [5, 5.41) is 0.875. The zero-order valence-corrected chi connectivity index (χ0v) is 13.7. The highest BCUT2D eigenvalue weighted by Crippen LogP contribution is 2.30. The molecular formula is C17H14Cl2O3. The maximum absolute atomic E-state index is 12.7. The Morgan fingerprint density at radius 3 is 2.27 bits per heavy atom. The van der Waals surface area contributed by atoms with Crippen molar-refractivity contribution in [3.63, 3.8) is 0 Å². The maximum Gasteiger partial charge on any atom is 0.193 e. The van der Waals surface area contributed by atoms with Gasteiger partial charge in [-0.25, -0.2) is 0 Å². The van der Waals surface area contributed by atoms with Crippen LogP contribution in [0, 0.1) is 0 Å². The van der Waals surface area contributed by atoms with Gasteiger partial charge in [0.15, 0.2) is 5.78 Å². The minimum atomic E-state index is -0.211. The Balaban J connectivity index is 2.52. The van der Waals surface area contributed by atoms with Crippen LogP contribution in [0.25, 0.3) is 0 Å². The molecule has 0 aromatic heterocycles. The Morgan fingerprint density at radius 2 is 1.73 bits per heavy atom. The second kappa shape index (κ2) is 6.95. The van der Waals surface area contributed by atoms with E-state index < -0.39 is 0 Å². The molecule has 0 N–H and O–H groups in total. The summed E-state index contributed by atoms with van der Waals surface area (Å²) in [6.45, 7) is 1.47. The van der Waals surface area contributed by atoms with Crippen molar-refractivity contribution in [1.29, 1.82) is 0 Å². The van der Waals surface area contributed by atoms with Gasteiger partial charge in [0.05, 0.1) is 12.1 Å². The van der Waals surface area contributed by atoms with Gasteiger partial charge in [0.2, 0.25) is 0 Å². The summed E-state index contributed by atoms with van der Waals surface area (Å²) in [5.74, 6) is 0.178. The van der Waals surface area contributed by atoms with Gasteiger partial charge in [0.25, 0.3) is 0 Å². The molecule has 0 heterocycles. The van der Waals surface area contributed by atoms with Crippen LogP contribution in [0.4, 0.5) is 0 Å². The van der Waals surface area contributed by atoms with Crippen molar-refractivity contribution in [3.8, 4) is 5.75 Å². The van der Waals surface area contributed by atoms with Crippen molar-refractivity contribution >= 4 is 34.8 Å². The SMILES string of the molecule is COc1cc(CC(C)=O)c(C(=O)c2ccc(Cl)cc2)cc1Cl. The molecule has 0 fully saturated rings. The van der Waals surface area contributed by atoms with E-state index in [2.05, 4.69) is 0 Å². The molecule has 0 atom stereocenters. The van der Waals surface area contributed by atoms with Gasteiger partial charge in [0, 0.05) is 22.6 Å². The van der Waals surface area contributed by atoms with Crippen molar-refractivity contribution in [2.75, 3.05) is 7.11 Å². The van der Waals surface area contributed by atoms with E-state index >= 15 is 0 Å². The molecule has 114 valence electrons. The molecular weight excluding hydrogens is 323 g/mol. The molecule has 3 nitrogen and oxygen atoms in total. The summed E-state index contributed by atoms with van der Waals surface area (Å²) < 4.78 is 5.15. The molecule has 0 aliphatic rings. The van der Waals surface area contributed by atoms with Crippen molar-refractivity contribution in [2.24, 2.45) is 0 Å². The third kappa shape index (κ3) is 3.67. The topological polar surface area (TPSA) is 43.4 Å². The lowest BCUT2D eigenvalue weighted by atomic mass is 9.95. The predicted molar refractivity (Wildman–Crippen MR) is 87.3 cm³/mol. The van der Waals surface area contributed by atoms with Crippen LogP contribution in [-0.2, 0) is 11.2 Å². The quantitative estimate of drug-likeness (QED) is 0.761. The van der Waals surface area contributed by atoms with E-state index in [4.69, 9.17) is 27.9 Å². The van der Waals surface area contributed by atoms with E-state index in [1.54, 1.807) is 30.3 Å². The van der Waals surface area contributed by atoms with Crippen molar-refractivity contribution in [1.82, 2.24) is 0 Å². The van der Waals surface area contributed by atoms with Crippen LogP contribution in [0.1, 0.15) is 28.4 Å². The van der Waals surface area contributed by atoms with Gasteiger partial charge in [-0.05, 0) is 48.9 Å². The highest BCUT2D eigenvalue weighted by atomic mass is 35.5. The number of carbonyl (C=O) groups is 2. The van der Waals surface area contributed by atoms with E-state index in [9.17, 15) is 9.59 Å². The van der Waals surface area contributed by atoms with Gasteiger partial charge in [-0.3, -0.25) is 9.59 Å². The van der Waals surface area contributed by atoms with Gasteiger partial charge in [0.1, 0.15) is 11.5 Å². The number of methoxy groups -OCH3 is 1. The van der Waals surface area contributed by atoms with Crippen molar-refractivity contribution < 1.29 is 14.3 Å². The molecule has 0 unspecified atom stereocenters. The van der Waals surface area contributed by atoms with Crippen molar-refractivity contribution in [3.05, 3.63) is 63.1 Å². The summed E-state index contributed by atoms with van der Waals surface area (Å²) in [6, 6.07) is 9.73. The Hall–Kier alpha value is -1.84. The zero-order valence-electron chi connectivity index (χ0n) is 12.2. The van der Waals surface area contributed by atoms with Gasteiger partial charge in [-0.1, -0.05) is 23.2 Å². The van der Waals surface area contributed by atoms with Crippen LogP contribution in [0.3, 0.4) is 0 Å². The molecule has 0 saturated carbocycles. The molecule has 0 bridgehead atoms. The summed E-state index contributed by atoms with van der Waals surface area (Å²) in [5.41, 5.74) is 1.47. The summed E-state index contributed by atoms with van der Waals surface area (Å²) in [7, 11) is 1.49. The largest absolute Gasteiger partial charge is 0.495 e. The first kappa shape index (κ1) is 16.5. The maximum atomic E-state index is 12.7. The highest BCUT2D eigenvalue weighted by molar-refractivity contribution is 6.33. The summed E-state index contributed by atoms with van der Waals surface area (Å²) >= 11 is 11.9. The number of rotatable bonds is 5. The van der Waals surface area contributed by atoms with Crippen LogP contribution in [-0.4, -0.2) is 18.7 Å². The molecule has 5 heteroatoms. The molecule has 0 aliphatic heterocycles. The molecule has 2 aromatic rings. The third-order valence-electron chi connectivity index (χ3n) is 3.17. The van der Waals surface area contributed by atoms with Crippen LogP contribution in [0.15, 0.2) is 36.4 Å². The number of Topliss-reactive ketones (excluding diaryl/α,β-unsaturated/α-hetero) is 1. The first-order chi connectivity index (χ1) is 10.4. The number of ketones is 2.